The van der Waals surface area contributed by atoms with Gasteiger partial charge in [0.25, 0.3) is 0 Å². The van der Waals surface area contributed by atoms with Gasteiger partial charge in [0, 0.05) is 6.54 Å². The van der Waals surface area contributed by atoms with Crippen LogP contribution in [0, 0.1) is 0 Å². The number of anilines is 2. The van der Waals surface area contributed by atoms with Gasteiger partial charge in [-0.1, -0.05) is 18.2 Å². The highest BCUT2D eigenvalue weighted by Crippen LogP contribution is 2.31. The molecule has 2 rings (SSSR count). The van der Waals surface area contributed by atoms with Gasteiger partial charge in [0.2, 0.25) is 15.9 Å². The van der Waals surface area contributed by atoms with Crippen molar-refractivity contribution in [1.82, 2.24) is 0 Å². The molecule has 1 amide bonds. The minimum atomic E-state index is -3.25. The Hall–Kier alpha value is -1.53. The maximum absolute atomic E-state index is 11.8. The lowest BCUT2D eigenvalue weighted by Crippen LogP contribution is -2.25. The molecule has 1 saturated heterocycles. The fourth-order valence-electron chi connectivity index (χ4n) is 1.88. The molecule has 0 aliphatic carbocycles. The number of nitrogens with zero attached hydrogens (tertiary/aromatic N) is 1. The molecule has 7 heteroatoms. The molecule has 0 bridgehead atoms. The van der Waals surface area contributed by atoms with E-state index >= 15 is 0 Å². The largest absolute Gasteiger partial charge is 0.321 e. The number of carbonyl (C=O) groups is 1. The molecule has 0 radical (unpaired) electrons. The zero-order valence-electron chi connectivity index (χ0n) is 10.1. The maximum atomic E-state index is 11.8. The lowest BCUT2D eigenvalue weighted by atomic mass is 10.2. The normalized spacial score (nSPS) is 17.2. The van der Waals surface area contributed by atoms with Crippen LogP contribution in [0.4, 0.5) is 11.4 Å². The highest BCUT2D eigenvalue weighted by atomic mass is 35.5. The molecule has 0 atom stereocenters. The first kappa shape index (κ1) is 13.9. The zero-order chi connectivity index (χ0) is 14.0. The van der Waals surface area contributed by atoms with Crippen LogP contribution in [-0.4, -0.2) is 26.6 Å². The van der Waals surface area contributed by atoms with E-state index in [1.54, 1.807) is 18.2 Å². The van der Waals surface area contributed by atoms with Crippen LogP contribution in [0.2, 0.25) is 5.02 Å². The summed E-state index contributed by atoms with van der Waals surface area (Å²) in [5, 5.41) is 2.88. The van der Waals surface area contributed by atoms with E-state index in [0.29, 0.717) is 29.4 Å². The maximum Gasteiger partial charge on any atom is 0.247 e. The first-order valence-electron chi connectivity index (χ1n) is 5.67. The molecule has 1 N–H and O–H groups in total. The summed E-state index contributed by atoms with van der Waals surface area (Å²) in [7, 11) is -3.25. The van der Waals surface area contributed by atoms with Crippen molar-refractivity contribution in [3.8, 4) is 0 Å². The standard InChI is InChI=1S/C12H13ClN2O3S/c1-2-12(16)14-11-8-9(4-5-10(11)13)15-6-3-7-19(15,17)18/h2,4-5,8H,1,3,6-7H2,(H,14,16). The predicted molar refractivity (Wildman–Crippen MR) is 76.0 cm³/mol. The van der Waals surface area contributed by atoms with E-state index in [4.69, 9.17) is 11.6 Å². The number of hydrogen-bond donors (Lipinski definition) is 1. The fraction of sp³-hybridized carbons (Fsp3) is 0.250. The van der Waals surface area contributed by atoms with Crippen molar-refractivity contribution in [2.24, 2.45) is 0 Å². The van der Waals surface area contributed by atoms with Gasteiger partial charge in [-0.25, -0.2) is 8.42 Å². The Morgan fingerprint density at radius 2 is 2.21 bits per heavy atom. The quantitative estimate of drug-likeness (QED) is 0.868. The molecule has 1 fully saturated rings. The monoisotopic (exact) mass is 300 g/mol. The SMILES string of the molecule is C=CC(=O)Nc1cc(N2CCCS2(=O)=O)ccc1Cl. The summed E-state index contributed by atoms with van der Waals surface area (Å²) in [4.78, 5) is 11.3. The molecule has 1 heterocycles. The van der Waals surface area contributed by atoms with Gasteiger partial charge in [0.1, 0.15) is 0 Å². The highest BCUT2D eigenvalue weighted by molar-refractivity contribution is 7.93. The van der Waals surface area contributed by atoms with Crippen LogP contribution < -0.4 is 9.62 Å². The van der Waals surface area contributed by atoms with Crippen LogP contribution in [0.15, 0.2) is 30.9 Å². The average Bonchev–Trinajstić information content (AvgIpc) is 2.71. The van der Waals surface area contributed by atoms with Crippen LogP contribution in [-0.2, 0) is 14.8 Å². The number of sulfonamides is 1. The molecule has 0 saturated carbocycles. The average molecular weight is 301 g/mol. The topological polar surface area (TPSA) is 66.5 Å². The van der Waals surface area contributed by atoms with Gasteiger partial charge in [0.05, 0.1) is 22.2 Å². The molecule has 102 valence electrons. The van der Waals surface area contributed by atoms with Gasteiger partial charge in [-0.05, 0) is 30.7 Å². The fourth-order valence-corrected chi connectivity index (χ4v) is 3.60. The second kappa shape index (κ2) is 5.22. The Morgan fingerprint density at radius 3 is 2.79 bits per heavy atom. The Labute approximate surface area is 116 Å². The minimum Gasteiger partial charge on any atom is -0.321 e. The third-order valence-electron chi connectivity index (χ3n) is 2.78. The van der Waals surface area contributed by atoms with Crippen LogP contribution >= 0.6 is 11.6 Å². The van der Waals surface area contributed by atoms with E-state index < -0.39 is 15.9 Å². The molecule has 0 unspecified atom stereocenters. The summed E-state index contributed by atoms with van der Waals surface area (Å²) >= 11 is 5.96. The third kappa shape index (κ3) is 2.90. The molecule has 1 aromatic rings. The number of halogens is 1. The Kier molecular flexibility index (Phi) is 3.82. The van der Waals surface area contributed by atoms with Gasteiger partial charge in [-0.2, -0.15) is 0 Å². The summed E-state index contributed by atoms with van der Waals surface area (Å²) in [5.74, 6) is -0.257. The van der Waals surface area contributed by atoms with Crippen LogP contribution in [0.3, 0.4) is 0 Å². The molecule has 0 spiro atoms. The van der Waals surface area contributed by atoms with Gasteiger partial charge in [-0.15, -0.1) is 0 Å². The predicted octanol–water partition coefficient (Wildman–Crippen LogP) is 2.00. The van der Waals surface area contributed by atoms with Crippen molar-refractivity contribution in [3.63, 3.8) is 0 Å². The number of rotatable bonds is 3. The second-order valence-electron chi connectivity index (χ2n) is 4.10. The summed E-state index contributed by atoms with van der Waals surface area (Å²) < 4.78 is 25.0. The smallest absolute Gasteiger partial charge is 0.247 e. The summed E-state index contributed by atoms with van der Waals surface area (Å²) in [6.07, 6.45) is 1.72. The van der Waals surface area contributed by atoms with Crippen LogP contribution in [0.5, 0.6) is 0 Å². The summed E-state index contributed by atoms with van der Waals surface area (Å²) in [6.45, 7) is 3.79. The van der Waals surface area contributed by atoms with Crippen molar-refractivity contribution < 1.29 is 13.2 Å². The van der Waals surface area contributed by atoms with E-state index in [1.165, 1.54) is 4.31 Å². The highest BCUT2D eigenvalue weighted by Gasteiger charge is 2.28. The Bertz CT molecular complexity index is 628. The van der Waals surface area contributed by atoms with Gasteiger partial charge in [0.15, 0.2) is 0 Å². The van der Waals surface area contributed by atoms with E-state index in [-0.39, 0.29) is 5.75 Å². The van der Waals surface area contributed by atoms with Crippen LogP contribution in [0.1, 0.15) is 6.42 Å². The first-order valence-corrected chi connectivity index (χ1v) is 7.66. The molecular formula is C12H13ClN2O3S. The molecule has 1 aliphatic rings. The van der Waals surface area contributed by atoms with Crippen molar-refractivity contribution >= 4 is 38.9 Å². The van der Waals surface area contributed by atoms with Crippen molar-refractivity contribution in [2.45, 2.75) is 6.42 Å². The third-order valence-corrected chi connectivity index (χ3v) is 4.98. The molecule has 1 aliphatic heterocycles. The Balaban J connectivity index is 2.36. The minimum absolute atomic E-state index is 0.143. The van der Waals surface area contributed by atoms with Gasteiger partial charge in [-0.3, -0.25) is 9.10 Å². The van der Waals surface area contributed by atoms with E-state index in [9.17, 15) is 13.2 Å². The van der Waals surface area contributed by atoms with Crippen LogP contribution in [0.25, 0.3) is 0 Å². The van der Waals surface area contributed by atoms with E-state index in [2.05, 4.69) is 11.9 Å². The Morgan fingerprint density at radius 1 is 1.47 bits per heavy atom. The lowest BCUT2D eigenvalue weighted by molar-refractivity contribution is -0.111. The zero-order valence-corrected chi connectivity index (χ0v) is 11.7. The molecule has 5 nitrogen and oxygen atoms in total. The number of carbonyl (C=O) groups excluding carboxylic acids is 1. The van der Waals surface area contributed by atoms with Crippen molar-refractivity contribution in [2.75, 3.05) is 21.9 Å². The molecule has 19 heavy (non-hydrogen) atoms. The van der Waals surface area contributed by atoms with Crippen molar-refractivity contribution in [3.05, 3.63) is 35.9 Å². The molecule has 0 aromatic heterocycles. The van der Waals surface area contributed by atoms with E-state index in [0.717, 1.165) is 6.08 Å². The van der Waals surface area contributed by atoms with Gasteiger partial charge < -0.3 is 5.32 Å². The number of hydrogen-bond acceptors (Lipinski definition) is 3. The molecule has 1 aromatic carbocycles. The van der Waals surface area contributed by atoms with E-state index in [1.807, 2.05) is 0 Å². The molecular weight excluding hydrogens is 288 g/mol. The summed E-state index contributed by atoms with van der Waals surface area (Å²) in [6, 6.07) is 4.73. The van der Waals surface area contributed by atoms with Crippen molar-refractivity contribution in [1.29, 1.82) is 0 Å². The van der Waals surface area contributed by atoms with Gasteiger partial charge >= 0.3 is 0 Å². The summed E-state index contributed by atoms with van der Waals surface area (Å²) in [5.41, 5.74) is 0.868. The second-order valence-corrected chi connectivity index (χ2v) is 6.52. The number of amides is 1. The number of nitrogens with one attached hydrogen (secondary N) is 1. The lowest BCUT2D eigenvalue weighted by Gasteiger charge is -2.18. The first-order chi connectivity index (χ1) is 8.94. The number of benzene rings is 1.